The number of thiophene rings is 2. The van der Waals surface area contributed by atoms with Crippen LogP contribution in [-0.4, -0.2) is 15.0 Å². The lowest BCUT2D eigenvalue weighted by Gasteiger charge is -2.03. The largest absolute Gasteiger partial charge is 0.250 e. The predicted octanol–water partition coefficient (Wildman–Crippen LogP) is 2.86. The van der Waals surface area contributed by atoms with E-state index in [4.69, 9.17) is 16.9 Å². The fraction of sp³-hybridized carbons (Fsp3) is 0.182. The summed E-state index contributed by atoms with van der Waals surface area (Å²) in [5, 5.41) is 8.68. The van der Waals surface area contributed by atoms with Gasteiger partial charge in [0.15, 0.2) is 0 Å². The van der Waals surface area contributed by atoms with Gasteiger partial charge in [0.2, 0.25) is 10.0 Å². The first-order chi connectivity index (χ1) is 9.01. The van der Waals surface area contributed by atoms with Gasteiger partial charge in [-0.3, -0.25) is 0 Å². The van der Waals surface area contributed by atoms with Gasteiger partial charge in [-0.15, -0.1) is 22.7 Å². The van der Waals surface area contributed by atoms with Gasteiger partial charge in [0, 0.05) is 11.4 Å². The molecule has 0 spiro atoms. The number of nitrogens with zero attached hydrogens (tertiary/aromatic N) is 1. The molecule has 8 heteroatoms. The highest BCUT2D eigenvalue weighted by molar-refractivity contribution is 7.91. The molecule has 0 bridgehead atoms. The highest BCUT2D eigenvalue weighted by Gasteiger charge is 2.16. The minimum atomic E-state index is -3.52. The average Bonchev–Trinajstić information content (AvgIpc) is 2.98. The maximum absolute atomic E-state index is 11.9. The summed E-state index contributed by atoms with van der Waals surface area (Å²) in [6.07, 6.45) is 0.590. The lowest BCUT2D eigenvalue weighted by molar-refractivity contribution is 0.584. The highest BCUT2D eigenvalue weighted by Crippen LogP contribution is 2.22. The summed E-state index contributed by atoms with van der Waals surface area (Å²) >= 11 is 8.19. The molecule has 0 aromatic carbocycles. The zero-order chi connectivity index (χ0) is 13.9. The number of hydrogen-bond donors (Lipinski definition) is 1. The Balaban J connectivity index is 1.96. The van der Waals surface area contributed by atoms with Crippen LogP contribution in [0.4, 0.5) is 0 Å². The molecule has 0 atom stereocenters. The SMILES string of the molecule is N#Cc1ccc(S(=O)(=O)NCCc2ccc(Cl)s2)s1. The van der Waals surface area contributed by atoms with Crippen molar-refractivity contribution in [3.05, 3.63) is 38.4 Å². The summed E-state index contributed by atoms with van der Waals surface area (Å²) in [6, 6.07) is 8.52. The van der Waals surface area contributed by atoms with Crippen molar-refractivity contribution in [2.45, 2.75) is 10.6 Å². The van der Waals surface area contributed by atoms with Crippen LogP contribution in [0.3, 0.4) is 0 Å². The molecular formula is C11H9ClN2O2S3. The first-order valence-electron chi connectivity index (χ1n) is 5.25. The van der Waals surface area contributed by atoms with Gasteiger partial charge in [0.1, 0.15) is 15.2 Å². The second kappa shape index (κ2) is 6.03. The molecule has 4 nitrogen and oxygen atoms in total. The summed E-state index contributed by atoms with van der Waals surface area (Å²) in [7, 11) is -3.52. The first kappa shape index (κ1) is 14.5. The Labute approximate surface area is 124 Å². The van der Waals surface area contributed by atoms with E-state index < -0.39 is 10.0 Å². The van der Waals surface area contributed by atoms with Crippen molar-refractivity contribution in [3.8, 4) is 6.07 Å². The minimum Gasteiger partial charge on any atom is -0.210 e. The van der Waals surface area contributed by atoms with E-state index in [9.17, 15) is 8.42 Å². The molecule has 2 aromatic heterocycles. The molecule has 0 aliphatic rings. The smallest absolute Gasteiger partial charge is 0.210 e. The molecule has 0 fully saturated rings. The van der Waals surface area contributed by atoms with Gasteiger partial charge >= 0.3 is 0 Å². The van der Waals surface area contributed by atoms with Crippen LogP contribution in [0.5, 0.6) is 0 Å². The zero-order valence-corrected chi connectivity index (χ0v) is 12.8. The van der Waals surface area contributed by atoms with E-state index in [0.29, 0.717) is 22.2 Å². The number of rotatable bonds is 5. The maximum Gasteiger partial charge on any atom is 0.250 e. The average molecular weight is 333 g/mol. The van der Waals surface area contributed by atoms with Crippen LogP contribution in [0.1, 0.15) is 9.75 Å². The molecule has 0 aliphatic carbocycles. The van der Waals surface area contributed by atoms with E-state index in [1.807, 2.05) is 12.1 Å². The number of nitrogens with one attached hydrogen (secondary N) is 1. The normalized spacial score (nSPS) is 11.4. The van der Waals surface area contributed by atoms with E-state index >= 15 is 0 Å². The van der Waals surface area contributed by atoms with Gasteiger partial charge in [-0.25, -0.2) is 13.1 Å². The number of sulfonamides is 1. The standard InChI is InChI=1S/C11H9ClN2O2S3/c12-10-3-1-8(17-10)5-6-14-19(15,16)11-4-2-9(7-13)18-11/h1-4,14H,5-6H2. The van der Waals surface area contributed by atoms with Crippen molar-refractivity contribution in [3.63, 3.8) is 0 Å². The zero-order valence-electron chi connectivity index (χ0n) is 9.59. The van der Waals surface area contributed by atoms with Crippen molar-refractivity contribution >= 4 is 44.3 Å². The summed E-state index contributed by atoms with van der Waals surface area (Å²) in [5.41, 5.74) is 0. The lowest BCUT2D eigenvalue weighted by Crippen LogP contribution is -2.25. The Hall–Kier alpha value is -0.910. The molecule has 2 rings (SSSR count). The van der Waals surface area contributed by atoms with Crippen LogP contribution in [0, 0.1) is 11.3 Å². The Morgan fingerprint density at radius 1 is 1.26 bits per heavy atom. The quantitative estimate of drug-likeness (QED) is 0.915. The van der Waals surface area contributed by atoms with Gasteiger partial charge < -0.3 is 0 Å². The number of hydrogen-bond acceptors (Lipinski definition) is 5. The Bertz CT molecular complexity index is 712. The van der Waals surface area contributed by atoms with Crippen LogP contribution in [0.15, 0.2) is 28.5 Å². The molecule has 100 valence electrons. The molecule has 2 heterocycles. The molecule has 0 saturated heterocycles. The lowest BCUT2D eigenvalue weighted by atomic mass is 10.3. The third-order valence-electron chi connectivity index (χ3n) is 2.25. The summed E-state index contributed by atoms with van der Waals surface area (Å²) in [4.78, 5) is 1.40. The number of nitriles is 1. The molecule has 2 aromatic rings. The maximum atomic E-state index is 11.9. The van der Waals surface area contributed by atoms with Gasteiger partial charge in [-0.1, -0.05) is 11.6 Å². The molecule has 0 saturated carbocycles. The first-order valence-corrected chi connectivity index (χ1v) is 8.74. The van der Waals surface area contributed by atoms with Gasteiger partial charge in [-0.05, 0) is 30.7 Å². The van der Waals surface area contributed by atoms with Gasteiger partial charge in [-0.2, -0.15) is 5.26 Å². The summed E-state index contributed by atoms with van der Waals surface area (Å²) in [5.74, 6) is 0. The molecule has 0 amide bonds. The topological polar surface area (TPSA) is 70.0 Å². The van der Waals surface area contributed by atoms with Crippen LogP contribution in [0.25, 0.3) is 0 Å². The van der Waals surface area contributed by atoms with E-state index in [0.717, 1.165) is 16.2 Å². The molecule has 19 heavy (non-hydrogen) atoms. The van der Waals surface area contributed by atoms with Crippen molar-refractivity contribution in [1.82, 2.24) is 4.72 Å². The molecular weight excluding hydrogens is 324 g/mol. The summed E-state index contributed by atoms with van der Waals surface area (Å²) in [6.45, 7) is 0.305. The van der Waals surface area contributed by atoms with E-state index in [1.54, 1.807) is 6.07 Å². The second-order valence-corrected chi connectivity index (χ2v) is 8.46. The molecule has 0 aliphatic heterocycles. The van der Waals surface area contributed by atoms with Crippen molar-refractivity contribution in [1.29, 1.82) is 5.26 Å². The van der Waals surface area contributed by atoms with E-state index in [-0.39, 0.29) is 4.21 Å². The Morgan fingerprint density at radius 3 is 2.63 bits per heavy atom. The Kier molecular flexibility index (Phi) is 4.60. The van der Waals surface area contributed by atoms with Gasteiger partial charge in [0.05, 0.1) is 4.34 Å². The summed E-state index contributed by atoms with van der Waals surface area (Å²) < 4.78 is 27.2. The van der Waals surface area contributed by atoms with Gasteiger partial charge in [0.25, 0.3) is 0 Å². The third kappa shape index (κ3) is 3.78. The van der Waals surface area contributed by atoms with E-state index in [2.05, 4.69) is 4.72 Å². The van der Waals surface area contributed by atoms with Crippen LogP contribution >= 0.6 is 34.3 Å². The fourth-order valence-corrected chi connectivity index (χ4v) is 4.66. The van der Waals surface area contributed by atoms with Crippen LogP contribution < -0.4 is 4.72 Å². The van der Waals surface area contributed by atoms with Crippen molar-refractivity contribution in [2.75, 3.05) is 6.54 Å². The second-order valence-electron chi connectivity index (χ2n) is 3.58. The molecule has 1 N–H and O–H groups in total. The molecule has 0 unspecified atom stereocenters. The Morgan fingerprint density at radius 2 is 2.05 bits per heavy atom. The number of halogens is 1. The monoisotopic (exact) mass is 332 g/mol. The van der Waals surface area contributed by atoms with Crippen molar-refractivity contribution < 1.29 is 8.42 Å². The van der Waals surface area contributed by atoms with Crippen LogP contribution in [0.2, 0.25) is 4.34 Å². The molecule has 0 radical (unpaired) electrons. The highest BCUT2D eigenvalue weighted by atomic mass is 35.5. The minimum absolute atomic E-state index is 0.160. The van der Waals surface area contributed by atoms with E-state index in [1.165, 1.54) is 23.5 Å². The third-order valence-corrected chi connectivity index (χ3v) is 6.48. The van der Waals surface area contributed by atoms with Crippen molar-refractivity contribution in [2.24, 2.45) is 0 Å². The van der Waals surface area contributed by atoms with Crippen LogP contribution in [-0.2, 0) is 16.4 Å². The predicted molar refractivity (Wildman–Crippen MR) is 77.3 cm³/mol. The fourth-order valence-electron chi connectivity index (χ4n) is 1.39.